The number of primary amides is 1. The molecule has 3 heteroatoms. The van der Waals surface area contributed by atoms with Crippen LogP contribution in [0.1, 0.15) is 15.9 Å². The monoisotopic (exact) mass is 162 g/mol. The van der Waals surface area contributed by atoms with E-state index in [0.29, 0.717) is 11.1 Å². The minimum atomic E-state index is -0.0524. The standard InChI is InChI=1S/C9H7NO2/c11-8-5-10-9(12)7-4-2-1-3-6(7)8/h1-5,11H,(H,10,12)/p+1. The van der Waals surface area contributed by atoms with E-state index in [0.717, 1.165) is 0 Å². The highest BCUT2D eigenvalue weighted by atomic mass is 16.3. The van der Waals surface area contributed by atoms with E-state index in [1.54, 1.807) is 24.3 Å². The number of quaternary nitrogens is 1. The van der Waals surface area contributed by atoms with Gasteiger partial charge >= 0.3 is 5.91 Å². The number of fused-ring (bicyclic) bond motifs is 1. The Morgan fingerprint density at radius 3 is 2.50 bits per heavy atom. The number of nitrogens with two attached hydrogens (primary N) is 1. The van der Waals surface area contributed by atoms with Crippen molar-refractivity contribution in [3.8, 4) is 0 Å². The van der Waals surface area contributed by atoms with Gasteiger partial charge in [0.25, 0.3) is 0 Å². The van der Waals surface area contributed by atoms with Crippen molar-refractivity contribution in [3.05, 3.63) is 41.6 Å². The second-order valence-corrected chi connectivity index (χ2v) is 2.63. The van der Waals surface area contributed by atoms with Gasteiger partial charge in [0, 0.05) is 5.56 Å². The van der Waals surface area contributed by atoms with Crippen LogP contribution in [0.25, 0.3) is 5.76 Å². The van der Waals surface area contributed by atoms with Gasteiger partial charge in [0.15, 0.2) is 5.76 Å². The summed E-state index contributed by atoms with van der Waals surface area (Å²) in [5.74, 6) is 0.105. The quantitative estimate of drug-likeness (QED) is 0.575. The molecule has 0 atom stereocenters. The Balaban J connectivity index is 2.66. The summed E-state index contributed by atoms with van der Waals surface area (Å²) in [7, 11) is 0. The summed E-state index contributed by atoms with van der Waals surface area (Å²) in [6.07, 6.45) is 1.42. The molecule has 60 valence electrons. The number of carbonyl (C=O) groups excluding carboxylic acids is 1. The lowest BCUT2D eigenvalue weighted by molar-refractivity contribution is -0.482. The Kier molecular flexibility index (Phi) is 1.45. The van der Waals surface area contributed by atoms with Gasteiger partial charge in [-0.3, -0.25) is 0 Å². The van der Waals surface area contributed by atoms with Crippen LogP contribution in [-0.4, -0.2) is 11.0 Å². The first kappa shape index (κ1) is 7.06. The third-order valence-corrected chi connectivity index (χ3v) is 1.86. The maximum atomic E-state index is 11.2. The van der Waals surface area contributed by atoms with Gasteiger partial charge in [-0.2, -0.15) is 0 Å². The number of aliphatic hydroxyl groups excluding tert-OH is 1. The second kappa shape index (κ2) is 2.46. The van der Waals surface area contributed by atoms with Crippen molar-refractivity contribution in [1.29, 1.82) is 0 Å². The fraction of sp³-hybridized carbons (Fsp3) is 0. The average molecular weight is 162 g/mol. The summed E-state index contributed by atoms with van der Waals surface area (Å²) in [5, 5.41) is 10.7. The highest BCUT2D eigenvalue weighted by molar-refractivity contribution is 5.94. The molecule has 0 bridgehead atoms. The van der Waals surface area contributed by atoms with E-state index < -0.39 is 0 Å². The minimum Gasteiger partial charge on any atom is -0.503 e. The zero-order chi connectivity index (χ0) is 8.55. The van der Waals surface area contributed by atoms with Crippen LogP contribution in [0.15, 0.2) is 30.5 Å². The SMILES string of the molecule is O=C1[NH2+]C=C(O)c2ccccc21. The van der Waals surface area contributed by atoms with Crippen molar-refractivity contribution in [3.63, 3.8) is 0 Å². The van der Waals surface area contributed by atoms with Crippen molar-refractivity contribution in [2.75, 3.05) is 0 Å². The molecule has 0 aliphatic carbocycles. The fourth-order valence-electron chi connectivity index (χ4n) is 1.26. The molecule has 0 saturated heterocycles. The van der Waals surface area contributed by atoms with Crippen molar-refractivity contribution in [2.24, 2.45) is 0 Å². The number of carbonyl (C=O) groups is 1. The van der Waals surface area contributed by atoms with Gasteiger partial charge < -0.3 is 5.11 Å². The topological polar surface area (TPSA) is 53.9 Å². The zero-order valence-corrected chi connectivity index (χ0v) is 6.32. The largest absolute Gasteiger partial charge is 0.503 e. The lowest BCUT2D eigenvalue weighted by Gasteiger charge is -2.08. The normalized spacial score (nSPS) is 15.3. The summed E-state index contributed by atoms with van der Waals surface area (Å²) in [6.45, 7) is 0. The van der Waals surface area contributed by atoms with Gasteiger partial charge in [-0.05, 0) is 6.07 Å². The van der Waals surface area contributed by atoms with Crippen LogP contribution in [-0.2, 0) is 0 Å². The molecule has 0 spiro atoms. The molecular weight excluding hydrogens is 154 g/mol. The molecule has 0 aromatic heterocycles. The molecule has 12 heavy (non-hydrogen) atoms. The maximum absolute atomic E-state index is 11.2. The average Bonchev–Trinajstić information content (AvgIpc) is 2.12. The van der Waals surface area contributed by atoms with E-state index in [1.807, 2.05) is 0 Å². The molecule has 2 rings (SSSR count). The van der Waals surface area contributed by atoms with E-state index >= 15 is 0 Å². The highest BCUT2D eigenvalue weighted by Gasteiger charge is 2.21. The Labute approximate surface area is 69.3 Å². The number of hydrogen-bond donors (Lipinski definition) is 2. The first-order valence-electron chi connectivity index (χ1n) is 3.67. The predicted molar refractivity (Wildman–Crippen MR) is 43.3 cm³/mol. The lowest BCUT2D eigenvalue weighted by Crippen LogP contribution is -2.83. The molecule has 1 amide bonds. The number of hydrogen-bond acceptors (Lipinski definition) is 2. The van der Waals surface area contributed by atoms with Crippen molar-refractivity contribution >= 4 is 11.7 Å². The molecule has 0 fully saturated rings. The Morgan fingerprint density at radius 1 is 1.17 bits per heavy atom. The van der Waals surface area contributed by atoms with Gasteiger partial charge in [0.2, 0.25) is 0 Å². The third kappa shape index (κ3) is 0.914. The molecule has 0 unspecified atom stereocenters. The van der Waals surface area contributed by atoms with Crippen LogP contribution in [0.4, 0.5) is 0 Å². The third-order valence-electron chi connectivity index (χ3n) is 1.86. The van der Waals surface area contributed by atoms with Crippen LogP contribution in [0, 0.1) is 0 Å². The zero-order valence-electron chi connectivity index (χ0n) is 6.32. The van der Waals surface area contributed by atoms with Crippen LogP contribution in [0.2, 0.25) is 0 Å². The Bertz CT molecular complexity index is 369. The summed E-state index contributed by atoms with van der Waals surface area (Å²) in [4.78, 5) is 11.2. The molecule has 0 saturated carbocycles. The second-order valence-electron chi connectivity index (χ2n) is 2.63. The van der Waals surface area contributed by atoms with Crippen LogP contribution >= 0.6 is 0 Å². The van der Waals surface area contributed by atoms with E-state index in [9.17, 15) is 9.90 Å². The number of benzene rings is 1. The van der Waals surface area contributed by atoms with E-state index in [2.05, 4.69) is 0 Å². The van der Waals surface area contributed by atoms with Crippen molar-refractivity contribution < 1.29 is 15.2 Å². The number of aliphatic hydroxyl groups is 1. The van der Waals surface area contributed by atoms with E-state index in [-0.39, 0.29) is 11.7 Å². The first-order chi connectivity index (χ1) is 5.79. The summed E-state index contributed by atoms with van der Waals surface area (Å²) >= 11 is 0. The smallest absolute Gasteiger partial charge is 0.348 e. The van der Waals surface area contributed by atoms with Gasteiger partial charge in [0.1, 0.15) is 6.20 Å². The molecule has 1 aromatic carbocycles. The molecule has 3 N–H and O–H groups in total. The maximum Gasteiger partial charge on any atom is 0.348 e. The molecular formula is C9H8NO2+. The van der Waals surface area contributed by atoms with E-state index in [4.69, 9.17) is 0 Å². The molecule has 1 aliphatic rings. The molecule has 3 nitrogen and oxygen atoms in total. The Hall–Kier alpha value is -1.61. The fourth-order valence-corrected chi connectivity index (χ4v) is 1.26. The molecule has 1 aliphatic heterocycles. The van der Waals surface area contributed by atoms with Gasteiger partial charge in [0.05, 0.1) is 5.56 Å². The molecule has 1 heterocycles. The van der Waals surface area contributed by atoms with Crippen molar-refractivity contribution in [2.45, 2.75) is 0 Å². The summed E-state index contributed by atoms with van der Waals surface area (Å²) in [5.41, 5.74) is 1.18. The summed E-state index contributed by atoms with van der Waals surface area (Å²) < 4.78 is 0. The van der Waals surface area contributed by atoms with Crippen molar-refractivity contribution in [1.82, 2.24) is 0 Å². The number of rotatable bonds is 0. The van der Waals surface area contributed by atoms with Crippen LogP contribution < -0.4 is 5.32 Å². The number of amides is 1. The minimum absolute atomic E-state index is 0.0524. The van der Waals surface area contributed by atoms with Gasteiger partial charge in [-0.1, -0.05) is 18.2 Å². The first-order valence-corrected chi connectivity index (χ1v) is 3.67. The highest BCUT2D eigenvalue weighted by Crippen LogP contribution is 2.16. The van der Waals surface area contributed by atoms with Gasteiger partial charge in [-0.25, -0.2) is 10.1 Å². The van der Waals surface area contributed by atoms with Crippen LogP contribution in [0.5, 0.6) is 0 Å². The van der Waals surface area contributed by atoms with E-state index in [1.165, 1.54) is 11.5 Å². The molecule has 1 aromatic rings. The van der Waals surface area contributed by atoms with Gasteiger partial charge in [-0.15, -0.1) is 0 Å². The van der Waals surface area contributed by atoms with Crippen LogP contribution in [0.3, 0.4) is 0 Å². The predicted octanol–water partition coefficient (Wildman–Crippen LogP) is 0.260. The molecule has 0 radical (unpaired) electrons. The summed E-state index contributed by atoms with van der Waals surface area (Å²) in [6, 6.07) is 7.01. The lowest BCUT2D eigenvalue weighted by atomic mass is 10.0. The Morgan fingerprint density at radius 2 is 1.83 bits per heavy atom.